The van der Waals surface area contributed by atoms with Gasteiger partial charge in [-0.05, 0) is 42.6 Å². The fourth-order valence-electron chi connectivity index (χ4n) is 2.60. The van der Waals surface area contributed by atoms with E-state index in [1.807, 2.05) is 0 Å². The Bertz CT molecular complexity index is 469. The molecule has 3 nitrogen and oxygen atoms in total. The standard InChI is InChI=1S/C14H17FN2O/c1-10-4-5-17(14(10)9-18)8-12-6-13(15)3-2-11(12)7-16/h2-3,6,10,14,18H,4-5,8-9H2,1H3. The summed E-state index contributed by atoms with van der Waals surface area (Å²) in [5.41, 5.74) is 1.21. The zero-order valence-corrected chi connectivity index (χ0v) is 10.4. The molecule has 1 aliphatic rings. The van der Waals surface area contributed by atoms with Crippen molar-refractivity contribution in [2.45, 2.75) is 25.9 Å². The summed E-state index contributed by atoms with van der Waals surface area (Å²) in [7, 11) is 0. The highest BCUT2D eigenvalue weighted by molar-refractivity contribution is 5.37. The summed E-state index contributed by atoms with van der Waals surface area (Å²) in [5, 5.41) is 18.4. The molecule has 0 saturated carbocycles. The van der Waals surface area contributed by atoms with Gasteiger partial charge in [-0.25, -0.2) is 4.39 Å². The molecule has 1 aliphatic heterocycles. The van der Waals surface area contributed by atoms with E-state index in [1.54, 1.807) is 0 Å². The van der Waals surface area contributed by atoms with E-state index in [1.165, 1.54) is 18.2 Å². The van der Waals surface area contributed by atoms with Crippen molar-refractivity contribution >= 4 is 0 Å². The summed E-state index contributed by atoms with van der Waals surface area (Å²) in [6.45, 7) is 3.63. The van der Waals surface area contributed by atoms with Crippen molar-refractivity contribution in [3.63, 3.8) is 0 Å². The average molecular weight is 248 g/mol. The first-order valence-corrected chi connectivity index (χ1v) is 6.19. The zero-order valence-electron chi connectivity index (χ0n) is 10.4. The maximum atomic E-state index is 13.2. The number of nitriles is 1. The third-order valence-electron chi connectivity index (χ3n) is 3.75. The molecule has 0 spiro atoms. The van der Waals surface area contributed by atoms with Crippen LogP contribution < -0.4 is 0 Å². The van der Waals surface area contributed by atoms with Crippen molar-refractivity contribution in [2.75, 3.05) is 13.2 Å². The molecule has 4 heteroatoms. The van der Waals surface area contributed by atoms with Gasteiger partial charge in [0, 0.05) is 12.6 Å². The molecular formula is C14H17FN2O. The molecule has 0 bridgehead atoms. The van der Waals surface area contributed by atoms with E-state index in [0.717, 1.165) is 13.0 Å². The van der Waals surface area contributed by atoms with Crippen LogP contribution in [0.1, 0.15) is 24.5 Å². The van der Waals surface area contributed by atoms with Gasteiger partial charge >= 0.3 is 0 Å². The van der Waals surface area contributed by atoms with Gasteiger partial charge in [-0.3, -0.25) is 4.90 Å². The summed E-state index contributed by atoms with van der Waals surface area (Å²) in [6.07, 6.45) is 1.03. The summed E-state index contributed by atoms with van der Waals surface area (Å²) >= 11 is 0. The Balaban J connectivity index is 2.19. The van der Waals surface area contributed by atoms with E-state index in [2.05, 4.69) is 17.9 Å². The van der Waals surface area contributed by atoms with Crippen LogP contribution in [-0.2, 0) is 6.54 Å². The van der Waals surface area contributed by atoms with Crippen molar-refractivity contribution in [1.29, 1.82) is 5.26 Å². The van der Waals surface area contributed by atoms with Crippen molar-refractivity contribution in [2.24, 2.45) is 5.92 Å². The van der Waals surface area contributed by atoms with Gasteiger partial charge in [0.1, 0.15) is 5.82 Å². The lowest BCUT2D eigenvalue weighted by molar-refractivity contribution is 0.134. The first-order valence-electron chi connectivity index (χ1n) is 6.19. The molecule has 1 aromatic rings. The van der Waals surface area contributed by atoms with Crippen LogP contribution in [0, 0.1) is 23.1 Å². The van der Waals surface area contributed by atoms with E-state index in [0.29, 0.717) is 23.6 Å². The number of likely N-dealkylation sites (tertiary alicyclic amines) is 1. The highest BCUT2D eigenvalue weighted by Crippen LogP contribution is 2.26. The molecule has 1 heterocycles. The molecule has 18 heavy (non-hydrogen) atoms. The summed E-state index contributed by atoms with van der Waals surface area (Å²) in [5.74, 6) is 0.117. The van der Waals surface area contributed by atoms with Gasteiger partial charge in [-0.15, -0.1) is 0 Å². The van der Waals surface area contributed by atoms with E-state index in [9.17, 15) is 9.50 Å². The monoisotopic (exact) mass is 248 g/mol. The first-order chi connectivity index (χ1) is 8.65. The SMILES string of the molecule is CC1CCN(Cc2cc(F)ccc2C#N)C1CO. The highest BCUT2D eigenvalue weighted by atomic mass is 19.1. The van der Waals surface area contributed by atoms with Crippen LogP contribution in [0.15, 0.2) is 18.2 Å². The Morgan fingerprint density at radius 1 is 1.56 bits per heavy atom. The van der Waals surface area contributed by atoms with E-state index < -0.39 is 0 Å². The highest BCUT2D eigenvalue weighted by Gasteiger charge is 2.30. The van der Waals surface area contributed by atoms with E-state index in [4.69, 9.17) is 5.26 Å². The van der Waals surface area contributed by atoms with Crippen LogP contribution >= 0.6 is 0 Å². The molecule has 96 valence electrons. The summed E-state index contributed by atoms with van der Waals surface area (Å²) < 4.78 is 13.2. The minimum absolute atomic E-state index is 0.109. The fourth-order valence-corrected chi connectivity index (χ4v) is 2.60. The molecule has 0 radical (unpaired) electrons. The van der Waals surface area contributed by atoms with Crippen LogP contribution in [0.25, 0.3) is 0 Å². The zero-order chi connectivity index (χ0) is 13.1. The van der Waals surface area contributed by atoms with Gasteiger partial charge in [0.25, 0.3) is 0 Å². The second kappa shape index (κ2) is 5.47. The van der Waals surface area contributed by atoms with Crippen molar-refractivity contribution in [3.8, 4) is 6.07 Å². The normalized spacial score (nSPS) is 24.1. The van der Waals surface area contributed by atoms with Crippen molar-refractivity contribution in [3.05, 3.63) is 35.1 Å². The molecule has 0 amide bonds. The number of aliphatic hydroxyl groups is 1. The lowest BCUT2D eigenvalue weighted by Crippen LogP contribution is -2.34. The molecule has 1 saturated heterocycles. The van der Waals surface area contributed by atoms with E-state index >= 15 is 0 Å². The van der Waals surface area contributed by atoms with E-state index in [-0.39, 0.29) is 18.5 Å². The lowest BCUT2D eigenvalue weighted by Gasteiger charge is -2.25. The van der Waals surface area contributed by atoms with Crippen molar-refractivity contribution in [1.82, 2.24) is 4.90 Å². The number of nitrogens with zero attached hydrogens (tertiary/aromatic N) is 2. The Morgan fingerprint density at radius 3 is 3.00 bits per heavy atom. The van der Waals surface area contributed by atoms with Gasteiger partial charge < -0.3 is 5.11 Å². The minimum atomic E-state index is -0.322. The van der Waals surface area contributed by atoms with Gasteiger partial charge in [0.2, 0.25) is 0 Å². The quantitative estimate of drug-likeness (QED) is 0.888. The maximum Gasteiger partial charge on any atom is 0.123 e. The molecule has 0 aromatic heterocycles. The minimum Gasteiger partial charge on any atom is -0.395 e. The number of hydrogen-bond acceptors (Lipinski definition) is 3. The van der Waals surface area contributed by atoms with Gasteiger partial charge in [-0.2, -0.15) is 5.26 Å². The largest absolute Gasteiger partial charge is 0.395 e. The molecule has 1 fully saturated rings. The Labute approximate surface area is 106 Å². The second-order valence-corrected chi connectivity index (χ2v) is 4.90. The lowest BCUT2D eigenvalue weighted by atomic mass is 10.0. The first kappa shape index (κ1) is 13.0. The number of aliphatic hydroxyl groups excluding tert-OH is 1. The van der Waals surface area contributed by atoms with Gasteiger partial charge in [-0.1, -0.05) is 6.92 Å². The summed E-state index contributed by atoms with van der Waals surface area (Å²) in [4.78, 5) is 2.13. The van der Waals surface area contributed by atoms with Crippen LogP contribution in [0.5, 0.6) is 0 Å². The Hall–Kier alpha value is -1.44. The van der Waals surface area contributed by atoms with Crippen LogP contribution in [0.4, 0.5) is 4.39 Å². The number of benzene rings is 1. The molecule has 1 N–H and O–H groups in total. The maximum absolute atomic E-state index is 13.2. The molecular weight excluding hydrogens is 231 g/mol. The predicted molar refractivity (Wildman–Crippen MR) is 66.2 cm³/mol. The number of hydrogen-bond donors (Lipinski definition) is 1. The summed E-state index contributed by atoms with van der Waals surface area (Å²) in [6, 6.07) is 6.42. The topological polar surface area (TPSA) is 47.3 Å². The molecule has 0 aliphatic carbocycles. The Morgan fingerprint density at radius 2 is 2.33 bits per heavy atom. The Kier molecular flexibility index (Phi) is 3.95. The smallest absolute Gasteiger partial charge is 0.123 e. The fraction of sp³-hybridized carbons (Fsp3) is 0.500. The number of rotatable bonds is 3. The molecule has 2 atom stereocenters. The second-order valence-electron chi connectivity index (χ2n) is 4.90. The third-order valence-corrected chi connectivity index (χ3v) is 3.75. The predicted octanol–water partition coefficient (Wildman–Crippen LogP) is 1.90. The van der Waals surface area contributed by atoms with Crippen LogP contribution in [-0.4, -0.2) is 29.2 Å². The van der Waals surface area contributed by atoms with Gasteiger partial charge in [0.15, 0.2) is 0 Å². The molecule has 2 unspecified atom stereocenters. The third kappa shape index (κ3) is 2.53. The number of halogens is 1. The van der Waals surface area contributed by atoms with Crippen LogP contribution in [0.3, 0.4) is 0 Å². The van der Waals surface area contributed by atoms with Crippen molar-refractivity contribution < 1.29 is 9.50 Å². The average Bonchev–Trinajstić information content (AvgIpc) is 2.70. The molecule has 2 rings (SSSR count). The van der Waals surface area contributed by atoms with Gasteiger partial charge in [0.05, 0.1) is 18.2 Å². The van der Waals surface area contributed by atoms with Crippen LogP contribution in [0.2, 0.25) is 0 Å². The molecule has 1 aromatic carbocycles.